The van der Waals surface area contributed by atoms with E-state index in [0.29, 0.717) is 48.5 Å². The first-order valence-corrected chi connectivity index (χ1v) is 13.8. The number of hydrogen-bond acceptors (Lipinski definition) is 8. The molecule has 0 bridgehead atoms. The third kappa shape index (κ3) is 5.68. The number of nitrogens with two attached hydrogens (primary N) is 1. The van der Waals surface area contributed by atoms with E-state index in [0.717, 1.165) is 34.5 Å². The fourth-order valence-corrected chi connectivity index (χ4v) is 5.60. The van der Waals surface area contributed by atoms with E-state index in [4.69, 9.17) is 19.9 Å². The Labute approximate surface area is 209 Å². The molecule has 2 atom stereocenters. The summed E-state index contributed by atoms with van der Waals surface area (Å²) in [5.74, 6) is 1.34. The zero-order valence-electron chi connectivity index (χ0n) is 19.2. The topological polar surface area (TPSA) is 129 Å². The van der Waals surface area contributed by atoms with Gasteiger partial charge in [0.25, 0.3) is 0 Å². The molecular weight excluding hydrogens is 488 g/mol. The SMILES string of the molecule is CS(=O)c1ccc(Oc2cc(OC3CCOCC3)c3[nH]c(C4=NCC(CC(N)=O)S4)cc3c2)nc1. The van der Waals surface area contributed by atoms with Gasteiger partial charge in [-0.15, -0.1) is 0 Å². The van der Waals surface area contributed by atoms with Crippen LogP contribution in [0.4, 0.5) is 0 Å². The second kappa shape index (κ2) is 10.4. The molecule has 3 aromatic rings. The zero-order valence-corrected chi connectivity index (χ0v) is 20.8. The number of pyridine rings is 1. The molecule has 2 aliphatic heterocycles. The summed E-state index contributed by atoms with van der Waals surface area (Å²) in [7, 11) is -1.11. The van der Waals surface area contributed by atoms with Crippen LogP contribution >= 0.6 is 11.8 Å². The van der Waals surface area contributed by atoms with Crippen LogP contribution in [0.2, 0.25) is 0 Å². The summed E-state index contributed by atoms with van der Waals surface area (Å²) in [4.78, 5) is 24.3. The van der Waals surface area contributed by atoms with Crippen molar-refractivity contribution in [3.63, 3.8) is 0 Å². The molecule has 0 aliphatic carbocycles. The monoisotopic (exact) mass is 514 g/mol. The van der Waals surface area contributed by atoms with Gasteiger partial charge in [0.05, 0.1) is 46.7 Å². The molecule has 5 rings (SSSR count). The van der Waals surface area contributed by atoms with Crippen LogP contribution in [0.3, 0.4) is 0 Å². The molecule has 35 heavy (non-hydrogen) atoms. The van der Waals surface area contributed by atoms with Crippen LogP contribution in [-0.4, -0.2) is 62.5 Å². The zero-order chi connectivity index (χ0) is 24.4. The van der Waals surface area contributed by atoms with E-state index in [1.54, 1.807) is 36.3 Å². The Kier molecular flexibility index (Phi) is 7.07. The molecule has 184 valence electrons. The highest BCUT2D eigenvalue weighted by Crippen LogP contribution is 2.37. The number of rotatable bonds is 8. The molecule has 1 amide bonds. The molecule has 1 fully saturated rings. The number of carbonyl (C=O) groups is 1. The lowest BCUT2D eigenvalue weighted by Crippen LogP contribution is -2.25. The molecule has 2 aromatic heterocycles. The molecule has 1 saturated heterocycles. The average Bonchev–Trinajstić information content (AvgIpc) is 3.47. The summed E-state index contributed by atoms with van der Waals surface area (Å²) in [5.41, 5.74) is 7.07. The van der Waals surface area contributed by atoms with Crippen molar-refractivity contribution in [2.24, 2.45) is 10.7 Å². The number of primary amides is 1. The van der Waals surface area contributed by atoms with Crippen molar-refractivity contribution in [1.82, 2.24) is 9.97 Å². The number of amides is 1. The first kappa shape index (κ1) is 23.8. The highest BCUT2D eigenvalue weighted by atomic mass is 32.2. The molecule has 1 aromatic carbocycles. The van der Waals surface area contributed by atoms with E-state index in [2.05, 4.69) is 15.0 Å². The summed E-state index contributed by atoms with van der Waals surface area (Å²) in [5, 5.41) is 1.81. The first-order valence-electron chi connectivity index (χ1n) is 11.3. The number of thioether (sulfide) groups is 1. The molecule has 4 heterocycles. The Hall–Kier alpha value is -2.89. The summed E-state index contributed by atoms with van der Waals surface area (Å²) < 4.78 is 29.5. The number of aromatic nitrogens is 2. The molecule has 2 unspecified atom stereocenters. The van der Waals surface area contributed by atoms with Crippen molar-refractivity contribution in [3.05, 3.63) is 42.2 Å². The van der Waals surface area contributed by atoms with Crippen LogP contribution in [0.1, 0.15) is 25.0 Å². The van der Waals surface area contributed by atoms with Gasteiger partial charge in [0.15, 0.2) is 0 Å². The largest absolute Gasteiger partial charge is 0.488 e. The lowest BCUT2D eigenvalue weighted by molar-refractivity contribution is -0.117. The quantitative estimate of drug-likeness (QED) is 0.471. The predicted octanol–water partition coefficient (Wildman–Crippen LogP) is 3.39. The number of ether oxygens (including phenoxy) is 3. The normalized spacial score (nSPS) is 19.5. The van der Waals surface area contributed by atoms with Gasteiger partial charge < -0.3 is 24.9 Å². The van der Waals surface area contributed by atoms with Gasteiger partial charge in [-0.1, -0.05) is 11.8 Å². The number of hydrogen-bond donors (Lipinski definition) is 2. The number of nitrogens with one attached hydrogen (secondary N) is 1. The molecule has 2 aliphatic rings. The van der Waals surface area contributed by atoms with Crippen LogP contribution in [0, 0.1) is 0 Å². The number of aromatic amines is 1. The van der Waals surface area contributed by atoms with E-state index in [9.17, 15) is 9.00 Å². The minimum atomic E-state index is -1.11. The number of benzene rings is 1. The lowest BCUT2D eigenvalue weighted by Gasteiger charge is -2.23. The molecule has 11 heteroatoms. The fraction of sp³-hybridized carbons (Fsp3) is 0.375. The summed E-state index contributed by atoms with van der Waals surface area (Å²) >= 11 is 1.55. The summed E-state index contributed by atoms with van der Waals surface area (Å²) in [6, 6.07) is 9.22. The van der Waals surface area contributed by atoms with E-state index in [1.165, 1.54) is 0 Å². The van der Waals surface area contributed by atoms with Crippen LogP contribution in [-0.2, 0) is 20.3 Å². The number of fused-ring (bicyclic) bond motifs is 1. The summed E-state index contributed by atoms with van der Waals surface area (Å²) in [6.07, 6.45) is 5.13. The van der Waals surface area contributed by atoms with Crippen LogP contribution in [0.5, 0.6) is 17.4 Å². The smallest absolute Gasteiger partial charge is 0.219 e. The van der Waals surface area contributed by atoms with Gasteiger partial charge in [-0.3, -0.25) is 14.0 Å². The third-order valence-electron chi connectivity index (χ3n) is 5.77. The number of aliphatic imine (C=N–C) groups is 1. The Bertz CT molecular complexity index is 1290. The molecule has 0 radical (unpaired) electrons. The maximum Gasteiger partial charge on any atom is 0.219 e. The maximum absolute atomic E-state index is 11.6. The van der Waals surface area contributed by atoms with Gasteiger partial charge in [0.2, 0.25) is 11.8 Å². The first-order chi connectivity index (χ1) is 16.9. The van der Waals surface area contributed by atoms with Crippen molar-refractivity contribution in [1.29, 1.82) is 0 Å². The minimum Gasteiger partial charge on any atom is -0.488 e. The lowest BCUT2D eigenvalue weighted by atomic mass is 10.1. The molecule has 3 N–H and O–H groups in total. The van der Waals surface area contributed by atoms with E-state index < -0.39 is 10.8 Å². The van der Waals surface area contributed by atoms with Crippen LogP contribution in [0.25, 0.3) is 10.9 Å². The Morgan fingerprint density at radius 2 is 2.11 bits per heavy atom. The van der Waals surface area contributed by atoms with Gasteiger partial charge in [0, 0.05) is 54.5 Å². The molecule has 9 nitrogen and oxygen atoms in total. The van der Waals surface area contributed by atoms with Crippen molar-refractivity contribution >= 4 is 44.4 Å². The highest BCUT2D eigenvalue weighted by Gasteiger charge is 2.25. The fourth-order valence-electron chi connectivity index (χ4n) is 4.04. The number of carbonyl (C=O) groups excluding carboxylic acids is 1. The van der Waals surface area contributed by atoms with E-state index in [1.807, 2.05) is 18.2 Å². The Morgan fingerprint density at radius 1 is 1.29 bits per heavy atom. The van der Waals surface area contributed by atoms with Gasteiger partial charge in [-0.2, -0.15) is 0 Å². The second-order valence-corrected chi connectivity index (χ2v) is 11.1. The van der Waals surface area contributed by atoms with Crippen LogP contribution < -0.4 is 15.2 Å². The van der Waals surface area contributed by atoms with Gasteiger partial charge >= 0.3 is 0 Å². The Morgan fingerprint density at radius 3 is 2.83 bits per heavy atom. The van der Waals surface area contributed by atoms with E-state index >= 15 is 0 Å². The van der Waals surface area contributed by atoms with Crippen LogP contribution in [0.15, 0.2) is 46.4 Å². The summed E-state index contributed by atoms with van der Waals surface area (Å²) in [6.45, 7) is 1.90. The van der Waals surface area contributed by atoms with Crippen molar-refractivity contribution in [2.45, 2.75) is 35.5 Å². The minimum absolute atomic E-state index is 0.0454. The second-order valence-electron chi connectivity index (χ2n) is 8.44. The standard InChI is InChI=1S/C24H26N4O5S2/c1-35(30)18-2-3-22(26-13-18)33-16-8-14-9-19(24-27-12-17(34-24)11-21(25)29)28-23(14)20(10-16)32-15-4-6-31-7-5-15/h2-3,8-10,13,15,17,28H,4-7,11-12H2,1H3,(H2,25,29). The average molecular weight is 515 g/mol. The predicted molar refractivity (Wildman–Crippen MR) is 136 cm³/mol. The number of H-pyrrole nitrogens is 1. The molecular formula is C24H26N4O5S2. The van der Waals surface area contributed by atoms with Gasteiger partial charge in [-0.25, -0.2) is 4.98 Å². The molecule has 0 saturated carbocycles. The maximum atomic E-state index is 11.6. The highest BCUT2D eigenvalue weighted by molar-refractivity contribution is 8.15. The third-order valence-corrected chi connectivity index (χ3v) is 7.89. The van der Waals surface area contributed by atoms with Gasteiger partial charge in [-0.05, 0) is 18.2 Å². The number of nitrogens with zero attached hydrogens (tertiary/aromatic N) is 2. The van der Waals surface area contributed by atoms with Crippen molar-refractivity contribution in [2.75, 3.05) is 26.0 Å². The van der Waals surface area contributed by atoms with E-state index in [-0.39, 0.29) is 17.3 Å². The molecule has 0 spiro atoms. The van der Waals surface area contributed by atoms with Crippen molar-refractivity contribution < 1.29 is 23.2 Å². The van der Waals surface area contributed by atoms with Crippen molar-refractivity contribution in [3.8, 4) is 17.4 Å². The Balaban J connectivity index is 1.45. The van der Waals surface area contributed by atoms with Gasteiger partial charge in [0.1, 0.15) is 22.6 Å².